The Morgan fingerprint density at radius 2 is 2.26 bits per heavy atom. The maximum Gasteiger partial charge on any atom is 0.123 e. The number of fused-ring (bicyclic) bond motifs is 1. The molecule has 2 atom stereocenters. The van der Waals surface area contributed by atoms with Gasteiger partial charge in [0.2, 0.25) is 0 Å². The van der Waals surface area contributed by atoms with E-state index in [9.17, 15) is 4.39 Å². The van der Waals surface area contributed by atoms with Gasteiger partial charge in [0.15, 0.2) is 0 Å². The third-order valence-corrected chi connectivity index (χ3v) is 3.82. The number of nitrogens with one attached hydrogen (secondary N) is 1. The van der Waals surface area contributed by atoms with E-state index in [-0.39, 0.29) is 11.9 Å². The zero-order valence-corrected chi connectivity index (χ0v) is 11.0. The van der Waals surface area contributed by atoms with Crippen LogP contribution >= 0.6 is 0 Å². The number of hydrogen-bond donors (Lipinski definition) is 1. The first-order valence-electron chi connectivity index (χ1n) is 7.05. The Bertz CT molecular complexity index is 432. The fourth-order valence-electron chi connectivity index (χ4n) is 2.82. The molecule has 2 heterocycles. The van der Waals surface area contributed by atoms with Gasteiger partial charge in [-0.05, 0) is 37.0 Å². The molecular formula is C15H20FNO2. The van der Waals surface area contributed by atoms with E-state index in [1.807, 2.05) is 0 Å². The number of halogens is 1. The van der Waals surface area contributed by atoms with Crippen LogP contribution in [0.1, 0.15) is 18.4 Å². The number of benzene rings is 1. The van der Waals surface area contributed by atoms with Crippen LogP contribution in [-0.4, -0.2) is 32.4 Å². The molecule has 2 aliphatic heterocycles. The van der Waals surface area contributed by atoms with Gasteiger partial charge in [0.05, 0.1) is 6.61 Å². The van der Waals surface area contributed by atoms with Gasteiger partial charge >= 0.3 is 0 Å². The summed E-state index contributed by atoms with van der Waals surface area (Å²) in [5.41, 5.74) is 0.979. The van der Waals surface area contributed by atoms with E-state index in [1.54, 1.807) is 12.1 Å². The first-order chi connectivity index (χ1) is 9.31. The molecule has 19 heavy (non-hydrogen) atoms. The third-order valence-electron chi connectivity index (χ3n) is 3.82. The van der Waals surface area contributed by atoms with Crippen LogP contribution < -0.4 is 10.1 Å². The lowest BCUT2D eigenvalue weighted by atomic mass is 10.0. The highest BCUT2D eigenvalue weighted by atomic mass is 19.1. The predicted octanol–water partition coefficient (Wildman–Crippen LogP) is 2.15. The molecule has 0 aliphatic carbocycles. The highest BCUT2D eigenvalue weighted by molar-refractivity contribution is 5.37. The SMILES string of the molecule is Fc1ccc2c(c1)CC(CNCC1CCCOC1)O2. The first kappa shape index (κ1) is 12.9. The van der Waals surface area contributed by atoms with E-state index < -0.39 is 0 Å². The largest absolute Gasteiger partial charge is 0.488 e. The third kappa shape index (κ3) is 3.25. The predicted molar refractivity (Wildman–Crippen MR) is 70.9 cm³/mol. The standard InChI is InChI=1S/C15H20FNO2/c16-13-3-4-15-12(6-13)7-14(19-15)9-17-8-11-2-1-5-18-10-11/h3-4,6,11,14,17H,1-2,5,7-10H2. The van der Waals surface area contributed by atoms with Crippen LogP contribution in [-0.2, 0) is 11.2 Å². The summed E-state index contributed by atoms with van der Waals surface area (Å²) < 4.78 is 24.3. The molecule has 0 amide bonds. The summed E-state index contributed by atoms with van der Waals surface area (Å²) in [5, 5.41) is 3.45. The highest BCUT2D eigenvalue weighted by Crippen LogP contribution is 2.28. The van der Waals surface area contributed by atoms with Crippen LogP contribution in [0.15, 0.2) is 18.2 Å². The summed E-state index contributed by atoms with van der Waals surface area (Å²) in [7, 11) is 0. The topological polar surface area (TPSA) is 30.5 Å². The molecule has 3 rings (SSSR count). The maximum atomic E-state index is 13.1. The van der Waals surface area contributed by atoms with Crippen LogP contribution in [0.25, 0.3) is 0 Å². The van der Waals surface area contributed by atoms with Crippen molar-refractivity contribution in [1.82, 2.24) is 5.32 Å². The van der Waals surface area contributed by atoms with Crippen molar-refractivity contribution in [2.45, 2.75) is 25.4 Å². The Morgan fingerprint density at radius 3 is 3.11 bits per heavy atom. The van der Waals surface area contributed by atoms with E-state index >= 15 is 0 Å². The molecule has 1 fully saturated rings. The average Bonchev–Trinajstić information content (AvgIpc) is 2.82. The van der Waals surface area contributed by atoms with Crippen LogP contribution in [0, 0.1) is 11.7 Å². The van der Waals surface area contributed by atoms with Crippen molar-refractivity contribution in [2.75, 3.05) is 26.3 Å². The quantitative estimate of drug-likeness (QED) is 0.905. The van der Waals surface area contributed by atoms with Gasteiger partial charge in [-0.15, -0.1) is 0 Å². The summed E-state index contributed by atoms with van der Waals surface area (Å²) in [6.07, 6.45) is 3.32. The summed E-state index contributed by atoms with van der Waals surface area (Å²) in [6.45, 7) is 3.56. The molecule has 4 heteroatoms. The lowest BCUT2D eigenvalue weighted by Crippen LogP contribution is -2.35. The Labute approximate surface area is 113 Å². The lowest BCUT2D eigenvalue weighted by molar-refractivity contribution is 0.0539. The molecule has 1 aromatic rings. The zero-order chi connectivity index (χ0) is 13.1. The van der Waals surface area contributed by atoms with Gasteiger partial charge in [-0.2, -0.15) is 0 Å². The summed E-state index contributed by atoms with van der Waals surface area (Å²) in [6, 6.07) is 4.75. The molecule has 1 N–H and O–H groups in total. The van der Waals surface area contributed by atoms with Gasteiger partial charge in [0, 0.05) is 31.7 Å². The molecule has 0 spiro atoms. The van der Waals surface area contributed by atoms with Crippen molar-refractivity contribution in [3.05, 3.63) is 29.6 Å². The Balaban J connectivity index is 1.43. The van der Waals surface area contributed by atoms with Gasteiger partial charge in [-0.25, -0.2) is 4.39 Å². The van der Waals surface area contributed by atoms with Crippen molar-refractivity contribution in [2.24, 2.45) is 5.92 Å². The fourth-order valence-corrected chi connectivity index (χ4v) is 2.82. The van der Waals surface area contributed by atoms with Crippen LogP contribution in [0.4, 0.5) is 4.39 Å². The van der Waals surface area contributed by atoms with Crippen LogP contribution in [0.2, 0.25) is 0 Å². The second-order valence-electron chi connectivity index (χ2n) is 5.44. The molecule has 0 bridgehead atoms. The maximum absolute atomic E-state index is 13.1. The average molecular weight is 265 g/mol. The first-order valence-corrected chi connectivity index (χ1v) is 7.05. The minimum absolute atomic E-state index is 0.126. The fraction of sp³-hybridized carbons (Fsp3) is 0.600. The number of hydrogen-bond acceptors (Lipinski definition) is 3. The second kappa shape index (κ2) is 5.88. The van der Waals surface area contributed by atoms with E-state index in [0.29, 0.717) is 5.92 Å². The molecule has 104 valence electrons. The number of ether oxygens (including phenoxy) is 2. The molecule has 0 radical (unpaired) electrons. The highest BCUT2D eigenvalue weighted by Gasteiger charge is 2.23. The summed E-state index contributed by atoms with van der Waals surface area (Å²) >= 11 is 0. The second-order valence-corrected chi connectivity index (χ2v) is 5.44. The van der Waals surface area contributed by atoms with Crippen LogP contribution in [0.3, 0.4) is 0 Å². The molecular weight excluding hydrogens is 245 g/mol. The minimum atomic E-state index is -0.185. The molecule has 1 aromatic carbocycles. The van der Waals surface area contributed by atoms with Gasteiger partial charge in [0.1, 0.15) is 17.7 Å². The minimum Gasteiger partial charge on any atom is -0.488 e. The smallest absolute Gasteiger partial charge is 0.123 e. The van der Waals surface area contributed by atoms with Crippen molar-refractivity contribution < 1.29 is 13.9 Å². The zero-order valence-electron chi connectivity index (χ0n) is 11.0. The Kier molecular flexibility index (Phi) is 3.99. The van der Waals surface area contributed by atoms with Crippen LogP contribution in [0.5, 0.6) is 5.75 Å². The monoisotopic (exact) mass is 265 g/mol. The van der Waals surface area contributed by atoms with Gasteiger partial charge in [-0.1, -0.05) is 0 Å². The molecule has 1 saturated heterocycles. The van der Waals surface area contributed by atoms with Crippen molar-refractivity contribution in [3.63, 3.8) is 0 Å². The van der Waals surface area contributed by atoms with Crippen molar-refractivity contribution in [3.8, 4) is 5.75 Å². The van der Waals surface area contributed by atoms with Gasteiger partial charge in [-0.3, -0.25) is 0 Å². The van der Waals surface area contributed by atoms with E-state index in [2.05, 4.69) is 5.32 Å². The molecule has 2 unspecified atom stereocenters. The van der Waals surface area contributed by atoms with Crippen molar-refractivity contribution in [1.29, 1.82) is 0 Å². The Morgan fingerprint density at radius 1 is 1.32 bits per heavy atom. The molecule has 0 saturated carbocycles. The molecule has 3 nitrogen and oxygen atoms in total. The summed E-state index contributed by atoms with van der Waals surface area (Å²) in [4.78, 5) is 0. The van der Waals surface area contributed by atoms with E-state index in [1.165, 1.54) is 12.5 Å². The molecule has 2 aliphatic rings. The van der Waals surface area contributed by atoms with E-state index in [4.69, 9.17) is 9.47 Å². The normalized spacial score (nSPS) is 25.9. The van der Waals surface area contributed by atoms with Gasteiger partial charge < -0.3 is 14.8 Å². The molecule has 0 aromatic heterocycles. The Hall–Kier alpha value is -1.13. The van der Waals surface area contributed by atoms with E-state index in [0.717, 1.165) is 50.5 Å². The summed E-state index contributed by atoms with van der Waals surface area (Å²) in [5.74, 6) is 1.26. The lowest BCUT2D eigenvalue weighted by Gasteiger charge is -2.23. The number of rotatable bonds is 4. The van der Waals surface area contributed by atoms with Crippen molar-refractivity contribution >= 4 is 0 Å². The van der Waals surface area contributed by atoms with Gasteiger partial charge in [0.25, 0.3) is 0 Å².